The molecule has 0 fully saturated rings. The predicted molar refractivity (Wildman–Crippen MR) is 61.4 cm³/mol. The summed E-state index contributed by atoms with van der Waals surface area (Å²) in [4.78, 5) is 4.18. The number of nitrogens with zero attached hydrogens (tertiary/aromatic N) is 5. The third kappa shape index (κ3) is 1.43. The number of para-hydroxylation sites is 1. The predicted octanol–water partition coefficient (Wildman–Crippen LogP) is 1.69. The van der Waals surface area contributed by atoms with Crippen molar-refractivity contribution in [3.63, 3.8) is 0 Å². The molecular weight excluding hydrogens is 214 g/mol. The van der Waals surface area contributed by atoms with Crippen molar-refractivity contribution >= 4 is 11.0 Å². The number of hydrogen-bond donors (Lipinski definition) is 0. The van der Waals surface area contributed by atoms with Gasteiger partial charge in [-0.3, -0.25) is 0 Å². The third-order valence-electron chi connectivity index (χ3n) is 2.46. The van der Waals surface area contributed by atoms with Gasteiger partial charge in [0.1, 0.15) is 11.6 Å². The summed E-state index contributed by atoms with van der Waals surface area (Å²) in [6.07, 6.45) is 1.63. The van der Waals surface area contributed by atoms with Crippen LogP contribution in [0.5, 0.6) is 0 Å². The van der Waals surface area contributed by atoms with E-state index in [0.29, 0.717) is 11.4 Å². The Labute approximate surface area is 96.9 Å². The van der Waals surface area contributed by atoms with Gasteiger partial charge in [0.05, 0.1) is 11.1 Å². The second-order valence-corrected chi connectivity index (χ2v) is 3.48. The van der Waals surface area contributed by atoms with Gasteiger partial charge >= 0.3 is 0 Å². The molecular formula is C12H7N5. The molecule has 0 radical (unpaired) electrons. The largest absolute Gasteiger partial charge is 0.236 e. The van der Waals surface area contributed by atoms with Crippen molar-refractivity contribution in [3.05, 3.63) is 48.2 Å². The number of benzene rings is 1. The Morgan fingerprint density at radius 1 is 1.12 bits per heavy atom. The molecule has 0 atom stereocenters. The maximum atomic E-state index is 9.04. The topological polar surface area (TPSA) is 67.4 Å². The van der Waals surface area contributed by atoms with Crippen LogP contribution in [-0.2, 0) is 0 Å². The molecule has 0 saturated heterocycles. The molecule has 0 amide bonds. The molecule has 17 heavy (non-hydrogen) atoms. The lowest BCUT2D eigenvalue weighted by molar-refractivity contribution is 0.799. The summed E-state index contributed by atoms with van der Waals surface area (Å²) in [6, 6.07) is 13.1. The molecule has 0 aliphatic carbocycles. The average Bonchev–Trinajstić information content (AvgIpc) is 2.82. The van der Waals surface area contributed by atoms with E-state index in [9.17, 15) is 0 Å². The van der Waals surface area contributed by atoms with Crippen LogP contribution in [0, 0.1) is 11.3 Å². The van der Waals surface area contributed by atoms with Gasteiger partial charge in [-0.05, 0) is 24.3 Å². The quantitative estimate of drug-likeness (QED) is 0.627. The van der Waals surface area contributed by atoms with Crippen LogP contribution in [0.2, 0.25) is 0 Å². The van der Waals surface area contributed by atoms with Crippen LogP contribution in [0.25, 0.3) is 16.9 Å². The van der Waals surface area contributed by atoms with E-state index >= 15 is 0 Å². The van der Waals surface area contributed by atoms with Gasteiger partial charge in [-0.25, -0.2) is 4.98 Å². The smallest absolute Gasteiger partial charge is 0.173 e. The fraction of sp³-hybridized carbons (Fsp3) is 0. The Morgan fingerprint density at radius 3 is 2.88 bits per heavy atom. The van der Waals surface area contributed by atoms with E-state index < -0.39 is 0 Å². The number of rotatable bonds is 1. The number of aromatic nitrogens is 4. The van der Waals surface area contributed by atoms with E-state index in [1.807, 2.05) is 24.3 Å². The van der Waals surface area contributed by atoms with Gasteiger partial charge in [0.2, 0.25) is 0 Å². The van der Waals surface area contributed by atoms with E-state index in [1.165, 1.54) is 0 Å². The zero-order valence-electron chi connectivity index (χ0n) is 8.78. The van der Waals surface area contributed by atoms with Gasteiger partial charge in [-0.2, -0.15) is 9.94 Å². The zero-order chi connectivity index (χ0) is 11.7. The van der Waals surface area contributed by atoms with Crippen LogP contribution in [0.3, 0.4) is 0 Å². The number of fused-ring (bicyclic) bond motifs is 1. The summed E-state index contributed by atoms with van der Waals surface area (Å²) in [5.74, 6) is 0.503. The average molecular weight is 221 g/mol. The van der Waals surface area contributed by atoms with E-state index in [-0.39, 0.29) is 0 Å². The third-order valence-corrected chi connectivity index (χ3v) is 2.46. The van der Waals surface area contributed by atoms with Crippen LogP contribution in [0.4, 0.5) is 0 Å². The molecule has 0 saturated carbocycles. The van der Waals surface area contributed by atoms with E-state index in [2.05, 4.69) is 21.4 Å². The van der Waals surface area contributed by atoms with E-state index in [4.69, 9.17) is 5.26 Å². The summed E-state index contributed by atoms with van der Waals surface area (Å²) in [7, 11) is 0. The van der Waals surface area contributed by atoms with Crippen molar-refractivity contribution in [3.8, 4) is 11.9 Å². The molecule has 0 aliphatic rings. The molecule has 0 N–H and O–H groups in total. The first-order valence-electron chi connectivity index (χ1n) is 5.06. The molecule has 2 heterocycles. The van der Waals surface area contributed by atoms with Crippen LogP contribution in [0.1, 0.15) is 5.56 Å². The van der Waals surface area contributed by atoms with Gasteiger partial charge in [0, 0.05) is 6.20 Å². The Bertz CT molecular complexity index is 723. The fourth-order valence-corrected chi connectivity index (χ4v) is 1.68. The Balaban J connectivity index is 2.32. The minimum atomic E-state index is 0.475. The molecule has 0 spiro atoms. The number of nitriles is 1. The van der Waals surface area contributed by atoms with Crippen LogP contribution in [0.15, 0.2) is 42.6 Å². The summed E-state index contributed by atoms with van der Waals surface area (Å²) in [5, 5.41) is 17.1. The highest BCUT2D eigenvalue weighted by atomic mass is 15.4. The normalized spacial score (nSPS) is 10.3. The van der Waals surface area contributed by atoms with Crippen molar-refractivity contribution in [2.75, 3.05) is 0 Å². The van der Waals surface area contributed by atoms with Crippen molar-refractivity contribution < 1.29 is 0 Å². The van der Waals surface area contributed by atoms with E-state index in [1.54, 1.807) is 23.0 Å². The molecule has 0 unspecified atom stereocenters. The molecule has 3 aromatic rings. The Kier molecular flexibility index (Phi) is 2.06. The van der Waals surface area contributed by atoms with Gasteiger partial charge in [0.15, 0.2) is 5.82 Å². The van der Waals surface area contributed by atoms with Crippen molar-refractivity contribution in [2.45, 2.75) is 0 Å². The minimum absolute atomic E-state index is 0.475. The summed E-state index contributed by atoms with van der Waals surface area (Å²) in [6.45, 7) is 0. The second-order valence-electron chi connectivity index (χ2n) is 3.48. The zero-order valence-corrected chi connectivity index (χ0v) is 8.78. The first kappa shape index (κ1) is 9.48. The molecule has 80 valence electrons. The standard InChI is InChI=1S/C12H7N5/c13-8-9-4-3-7-14-12(9)17-11-6-2-1-5-10(11)15-16-17/h1-7H. The van der Waals surface area contributed by atoms with Crippen molar-refractivity contribution in [2.24, 2.45) is 0 Å². The number of pyridine rings is 1. The van der Waals surface area contributed by atoms with Gasteiger partial charge < -0.3 is 0 Å². The lowest BCUT2D eigenvalue weighted by atomic mass is 10.2. The lowest BCUT2D eigenvalue weighted by Crippen LogP contribution is -2.02. The minimum Gasteiger partial charge on any atom is -0.236 e. The van der Waals surface area contributed by atoms with Crippen LogP contribution < -0.4 is 0 Å². The van der Waals surface area contributed by atoms with Gasteiger partial charge in [-0.15, -0.1) is 5.10 Å². The summed E-state index contributed by atoms with van der Waals surface area (Å²) < 4.78 is 1.58. The molecule has 0 aliphatic heterocycles. The lowest BCUT2D eigenvalue weighted by Gasteiger charge is -2.01. The van der Waals surface area contributed by atoms with Crippen LogP contribution >= 0.6 is 0 Å². The molecule has 3 rings (SSSR count). The first-order valence-corrected chi connectivity index (χ1v) is 5.06. The molecule has 5 heteroatoms. The maximum Gasteiger partial charge on any atom is 0.173 e. The summed E-state index contributed by atoms with van der Waals surface area (Å²) in [5.41, 5.74) is 2.09. The summed E-state index contributed by atoms with van der Waals surface area (Å²) >= 11 is 0. The molecule has 1 aromatic carbocycles. The van der Waals surface area contributed by atoms with Crippen molar-refractivity contribution in [1.29, 1.82) is 5.26 Å². The highest BCUT2D eigenvalue weighted by Crippen LogP contribution is 2.16. The monoisotopic (exact) mass is 221 g/mol. The van der Waals surface area contributed by atoms with Crippen molar-refractivity contribution in [1.82, 2.24) is 20.0 Å². The highest BCUT2D eigenvalue weighted by Gasteiger charge is 2.10. The van der Waals surface area contributed by atoms with E-state index in [0.717, 1.165) is 11.0 Å². The Morgan fingerprint density at radius 2 is 2.00 bits per heavy atom. The van der Waals surface area contributed by atoms with Gasteiger partial charge in [0.25, 0.3) is 0 Å². The first-order chi connectivity index (χ1) is 8.40. The fourth-order valence-electron chi connectivity index (χ4n) is 1.68. The van der Waals surface area contributed by atoms with Gasteiger partial charge in [-0.1, -0.05) is 17.3 Å². The maximum absolute atomic E-state index is 9.04. The second kappa shape index (κ2) is 3.68. The number of hydrogen-bond acceptors (Lipinski definition) is 4. The SMILES string of the molecule is N#Cc1cccnc1-n1nnc2ccccc21. The molecule has 2 aromatic heterocycles. The highest BCUT2D eigenvalue weighted by molar-refractivity contribution is 5.76. The molecule has 0 bridgehead atoms. The Hall–Kier alpha value is -2.74. The van der Waals surface area contributed by atoms with Crippen LogP contribution in [-0.4, -0.2) is 20.0 Å². The molecule has 5 nitrogen and oxygen atoms in total.